The van der Waals surface area contributed by atoms with E-state index in [2.05, 4.69) is 20.5 Å². The topological polar surface area (TPSA) is 72.3 Å². The van der Waals surface area contributed by atoms with E-state index < -0.39 is 0 Å². The first-order chi connectivity index (χ1) is 14.0. The van der Waals surface area contributed by atoms with Gasteiger partial charge < -0.3 is 10.1 Å². The molecule has 2 aromatic carbocycles. The standard InChI is InChI=1S/C21H22ClN5O2/c1-15-12-27(25-24-15)18-9-10-26(13-18)14-21(28)23-17-5-7-19(8-6-17)29-20-4-2-3-16(22)11-20/h2-8,11-12,18H,9-10,13-14H2,1H3,(H,23,28)/t18-/m0/s1. The summed E-state index contributed by atoms with van der Waals surface area (Å²) in [7, 11) is 0. The third-order valence-corrected chi connectivity index (χ3v) is 5.02. The summed E-state index contributed by atoms with van der Waals surface area (Å²) in [4.78, 5) is 14.5. The van der Waals surface area contributed by atoms with Crippen LogP contribution < -0.4 is 10.1 Å². The molecule has 4 rings (SSSR count). The van der Waals surface area contributed by atoms with Crippen molar-refractivity contribution in [2.24, 2.45) is 0 Å². The molecule has 0 spiro atoms. The van der Waals surface area contributed by atoms with Gasteiger partial charge in [-0.3, -0.25) is 9.69 Å². The van der Waals surface area contributed by atoms with Crippen LogP contribution in [0.15, 0.2) is 54.7 Å². The molecule has 1 saturated heterocycles. The van der Waals surface area contributed by atoms with E-state index in [1.165, 1.54) is 0 Å². The smallest absolute Gasteiger partial charge is 0.238 e. The fourth-order valence-corrected chi connectivity index (χ4v) is 3.57. The maximum Gasteiger partial charge on any atom is 0.238 e. The molecule has 1 fully saturated rings. The maximum absolute atomic E-state index is 12.4. The van der Waals surface area contributed by atoms with E-state index in [-0.39, 0.29) is 11.9 Å². The van der Waals surface area contributed by atoms with Gasteiger partial charge in [-0.15, -0.1) is 5.10 Å². The van der Waals surface area contributed by atoms with Crippen molar-refractivity contribution in [2.75, 3.05) is 25.0 Å². The van der Waals surface area contributed by atoms with Crippen LogP contribution in [0.25, 0.3) is 0 Å². The Morgan fingerprint density at radius 2 is 2.07 bits per heavy atom. The first-order valence-electron chi connectivity index (χ1n) is 9.49. The van der Waals surface area contributed by atoms with E-state index in [1.54, 1.807) is 12.1 Å². The van der Waals surface area contributed by atoms with Crippen LogP contribution in [0.1, 0.15) is 18.2 Å². The summed E-state index contributed by atoms with van der Waals surface area (Å²) in [5.41, 5.74) is 1.64. The molecule has 0 unspecified atom stereocenters. The third-order valence-electron chi connectivity index (χ3n) is 4.78. The number of hydrogen-bond donors (Lipinski definition) is 1. The molecule has 7 nitrogen and oxygen atoms in total. The van der Waals surface area contributed by atoms with Gasteiger partial charge in [-0.1, -0.05) is 22.9 Å². The first kappa shape index (κ1) is 19.4. The zero-order valence-corrected chi connectivity index (χ0v) is 16.8. The summed E-state index contributed by atoms with van der Waals surface area (Å²) < 4.78 is 7.66. The molecule has 1 atom stereocenters. The predicted molar refractivity (Wildman–Crippen MR) is 111 cm³/mol. The molecule has 0 bridgehead atoms. The lowest BCUT2D eigenvalue weighted by atomic mass is 10.3. The highest BCUT2D eigenvalue weighted by atomic mass is 35.5. The van der Waals surface area contributed by atoms with E-state index in [0.717, 1.165) is 30.9 Å². The number of halogens is 1. The summed E-state index contributed by atoms with van der Waals surface area (Å²) in [6.45, 7) is 3.94. The number of carbonyl (C=O) groups is 1. The maximum atomic E-state index is 12.4. The average molecular weight is 412 g/mol. The highest BCUT2D eigenvalue weighted by Crippen LogP contribution is 2.25. The summed E-state index contributed by atoms with van der Waals surface area (Å²) in [6.07, 6.45) is 2.91. The van der Waals surface area contributed by atoms with Crippen LogP contribution in [0.5, 0.6) is 11.5 Å². The fourth-order valence-electron chi connectivity index (χ4n) is 3.39. The quantitative estimate of drug-likeness (QED) is 0.665. The van der Waals surface area contributed by atoms with Gasteiger partial charge in [0.05, 0.1) is 18.3 Å². The van der Waals surface area contributed by atoms with Crippen molar-refractivity contribution < 1.29 is 9.53 Å². The first-order valence-corrected chi connectivity index (χ1v) is 9.87. The number of anilines is 1. The molecular weight excluding hydrogens is 390 g/mol. The number of aromatic nitrogens is 3. The van der Waals surface area contributed by atoms with Crippen molar-refractivity contribution in [1.82, 2.24) is 19.9 Å². The molecule has 0 aliphatic carbocycles. The lowest BCUT2D eigenvalue weighted by Gasteiger charge is -2.16. The predicted octanol–water partition coefficient (Wildman–Crippen LogP) is 3.92. The van der Waals surface area contributed by atoms with Crippen molar-refractivity contribution in [3.05, 3.63) is 65.4 Å². The largest absolute Gasteiger partial charge is 0.457 e. The number of carbonyl (C=O) groups excluding carboxylic acids is 1. The fraction of sp³-hybridized carbons (Fsp3) is 0.286. The summed E-state index contributed by atoms with van der Waals surface area (Å²) in [5.74, 6) is 1.31. The van der Waals surface area contributed by atoms with E-state index >= 15 is 0 Å². The molecule has 150 valence electrons. The summed E-state index contributed by atoms with van der Waals surface area (Å²) in [6, 6.07) is 14.8. The highest BCUT2D eigenvalue weighted by Gasteiger charge is 2.26. The third kappa shape index (κ3) is 5.13. The van der Waals surface area contributed by atoms with Crippen LogP contribution >= 0.6 is 11.6 Å². The molecule has 1 N–H and O–H groups in total. The van der Waals surface area contributed by atoms with Gasteiger partial charge in [-0.25, -0.2) is 4.68 Å². The molecule has 2 heterocycles. The monoisotopic (exact) mass is 411 g/mol. The second-order valence-corrected chi connectivity index (χ2v) is 7.59. The number of aryl methyl sites for hydroxylation is 1. The number of nitrogens with zero attached hydrogens (tertiary/aromatic N) is 4. The Morgan fingerprint density at radius 3 is 2.79 bits per heavy atom. The van der Waals surface area contributed by atoms with Gasteiger partial charge in [0, 0.05) is 30.0 Å². The number of benzene rings is 2. The molecular formula is C21H22ClN5O2. The van der Waals surface area contributed by atoms with Crippen molar-refractivity contribution >= 4 is 23.2 Å². The van der Waals surface area contributed by atoms with E-state index in [4.69, 9.17) is 16.3 Å². The van der Waals surface area contributed by atoms with Crippen LogP contribution in [0.4, 0.5) is 5.69 Å². The minimum absolute atomic E-state index is 0.0380. The number of ether oxygens (including phenoxy) is 1. The van der Waals surface area contributed by atoms with Gasteiger partial charge in [0.2, 0.25) is 5.91 Å². The summed E-state index contributed by atoms with van der Waals surface area (Å²) >= 11 is 5.97. The zero-order valence-electron chi connectivity index (χ0n) is 16.1. The Labute approximate surface area is 174 Å². The number of hydrogen-bond acceptors (Lipinski definition) is 5. The Hall–Kier alpha value is -2.90. The van der Waals surface area contributed by atoms with Crippen LogP contribution in [0.2, 0.25) is 5.02 Å². The second kappa shape index (κ2) is 8.63. The average Bonchev–Trinajstić information content (AvgIpc) is 3.32. The Morgan fingerprint density at radius 1 is 1.24 bits per heavy atom. The van der Waals surface area contributed by atoms with Gasteiger partial charge in [-0.2, -0.15) is 0 Å². The minimum Gasteiger partial charge on any atom is -0.457 e. The molecule has 8 heteroatoms. The SMILES string of the molecule is Cc1cn([C@H]2CCN(CC(=O)Nc3ccc(Oc4cccc(Cl)c4)cc3)C2)nn1. The molecule has 29 heavy (non-hydrogen) atoms. The van der Waals surface area contributed by atoms with Crippen molar-refractivity contribution in [2.45, 2.75) is 19.4 Å². The van der Waals surface area contributed by atoms with Crippen molar-refractivity contribution in [3.8, 4) is 11.5 Å². The normalized spacial score (nSPS) is 16.7. The number of likely N-dealkylation sites (tertiary alicyclic amines) is 1. The minimum atomic E-state index is -0.0380. The Bertz CT molecular complexity index is 989. The summed E-state index contributed by atoms with van der Waals surface area (Å²) in [5, 5.41) is 11.7. The molecule has 0 saturated carbocycles. The van der Waals surface area contributed by atoms with Gasteiger partial charge in [0.25, 0.3) is 0 Å². The lowest BCUT2D eigenvalue weighted by molar-refractivity contribution is -0.117. The van der Waals surface area contributed by atoms with Crippen molar-refractivity contribution in [3.63, 3.8) is 0 Å². The van der Waals surface area contributed by atoms with Crippen LogP contribution in [-0.2, 0) is 4.79 Å². The molecule has 1 aromatic heterocycles. The molecule has 1 amide bonds. The molecule has 1 aliphatic heterocycles. The highest BCUT2D eigenvalue weighted by molar-refractivity contribution is 6.30. The van der Waals surface area contributed by atoms with Crippen LogP contribution in [0.3, 0.4) is 0 Å². The second-order valence-electron chi connectivity index (χ2n) is 7.15. The number of nitrogens with one attached hydrogen (secondary N) is 1. The molecule has 3 aromatic rings. The molecule has 1 aliphatic rings. The number of rotatable bonds is 6. The van der Waals surface area contributed by atoms with E-state index in [0.29, 0.717) is 23.1 Å². The van der Waals surface area contributed by atoms with Gasteiger partial charge in [-0.05, 0) is 55.8 Å². The molecule has 0 radical (unpaired) electrons. The zero-order chi connectivity index (χ0) is 20.2. The van der Waals surface area contributed by atoms with Crippen LogP contribution in [-0.4, -0.2) is 45.4 Å². The van der Waals surface area contributed by atoms with E-state index in [1.807, 2.05) is 54.2 Å². The van der Waals surface area contributed by atoms with Crippen LogP contribution in [0, 0.1) is 6.92 Å². The van der Waals surface area contributed by atoms with Gasteiger partial charge in [0.15, 0.2) is 0 Å². The van der Waals surface area contributed by atoms with Gasteiger partial charge >= 0.3 is 0 Å². The lowest BCUT2D eigenvalue weighted by Crippen LogP contribution is -2.31. The van der Waals surface area contributed by atoms with Crippen molar-refractivity contribution in [1.29, 1.82) is 0 Å². The Balaban J connectivity index is 1.27. The Kier molecular flexibility index (Phi) is 5.78. The number of amides is 1. The van der Waals surface area contributed by atoms with Gasteiger partial charge in [0.1, 0.15) is 11.5 Å². The van der Waals surface area contributed by atoms with E-state index in [9.17, 15) is 4.79 Å².